The highest BCUT2D eigenvalue weighted by Gasteiger charge is 2.31. The van der Waals surface area contributed by atoms with E-state index in [1.54, 1.807) is 0 Å². The molecule has 2 saturated heterocycles. The van der Waals surface area contributed by atoms with Gasteiger partial charge in [-0.25, -0.2) is 4.79 Å². The molecule has 6 nitrogen and oxygen atoms in total. The Hall–Kier alpha value is -1.79. The second-order valence-corrected chi connectivity index (χ2v) is 7.94. The molecule has 1 aromatic rings. The van der Waals surface area contributed by atoms with Gasteiger partial charge in [0, 0.05) is 51.5 Å². The fourth-order valence-corrected chi connectivity index (χ4v) is 4.27. The van der Waals surface area contributed by atoms with E-state index in [4.69, 9.17) is 4.74 Å². The maximum atomic E-state index is 12.6. The van der Waals surface area contributed by atoms with Crippen LogP contribution in [0, 0.1) is 13.8 Å². The Morgan fingerprint density at radius 2 is 1.89 bits per heavy atom. The fraction of sp³-hybridized carbons (Fsp3) is 0.667. The molecule has 0 bridgehead atoms. The number of carbonyl (C=O) groups excluding carboxylic acids is 1. The van der Waals surface area contributed by atoms with E-state index < -0.39 is 0 Å². The van der Waals surface area contributed by atoms with Gasteiger partial charge in [0.05, 0.1) is 0 Å². The number of rotatable bonds is 4. The lowest BCUT2D eigenvalue weighted by Crippen LogP contribution is -2.59. The Balaban J connectivity index is 1.46. The molecule has 0 aromatic heterocycles. The Morgan fingerprint density at radius 1 is 1.22 bits per heavy atom. The second-order valence-electron chi connectivity index (χ2n) is 7.94. The molecule has 2 N–H and O–H groups in total. The van der Waals surface area contributed by atoms with Crippen LogP contribution in [0.5, 0.6) is 5.75 Å². The minimum absolute atomic E-state index is 0.0290. The monoisotopic (exact) mass is 375 g/mol. The van der Waals surface area contributed by atoms with Crippen molar-refractivity contribution in [2.45, 2.75) is 52.1 Å². The van der Waals surface area contributed by atoms with E-state index in [0.29, 0.717) is 18.3 Å². The van der Waals surface area contributed by atoms with Crippen molar-refractivity contribution in [3.63, 3.8) is 0 Å². The molecule has 1 aromatic carbocycles. The molecule has 2 aliphatic rings. The third kappa shape index (κ3) is 4.93. The molecule has 0 saturated carbocycles. The lowest BCUT2D eigenvalue weighted by Gasteiger charge is -2.44. The predicted molar refractivity (Wildman–Crippen MR) is 106 cm³/mol. The first kappa shape index (κ1) is 20.0. The molecule has 0 unspecified atom stereocenters. The van der Waals surface area contributed by atoms with E-state index in [0.717, 1.165) is 68.8 Å². The average Bonchev–Trinajstić information content (AvgIpc) is 2.66. The molecule has 2 amide bonds. The van der Waals surface area contributed by atoms with Crippen LogP contribution in [0.4, 0.5) is 4.79 Å². The van der Waals surface area contributed by atoms with Crippen molar-refractivity contribution >= 4 is 6.03 Å². The van der Waals surface area contributed by atoms with Gasteiger partial charge in [-0.15, -0.1) is 0 Å². The summed E-state index contributed by atoms with van der Waals surface area (Å²) < 4.78 is 5.46. The van der Waals surface area contributed by atoms with Gasteiger partial charge in [0.15, 0.2) is 0 Å². The van der Waals surface area contributed by atoms with Gasteiger partial charge < -0.3 is 20.1 Å². The van der Waals surface area contributed by atoms with Crippen molar-refractivity contribution in [1.82, 2.24) is 15.1 Å². The van der Waals surface area contributed by atoms with Crippen LogP contribution < -0.4 is 5.32 Å². The second kappa shape index (κ2) is 8.93. The number of nitrogens with zero attached hydrogens (tertiary/aromatic N) is 2. The summed E-state index contributed by atoms with van der Waals surface area (Å²) in [5.41, 5.74) is 2.91. The largest absolute Gasteiger partial charge is 0.507 e. The third-order valence-electron chi connectivity index (χ3n) is 5.87. The number of nitrogens with one attached hydrogen (secondary N) is 1. The molecule has 3 rings (SSSR count). The summed E-state index contributed by atoms with van der Waals surface area (Å²) in [6.45, 7) is 10.9. The van der Waals surface area contributed by atoms with Crippen LogP contribution in [0.15, 0.2) is 12.1 Å². The van der Waals surface area contributed by atoms with Gasteiger partial charge in [-0.05, 0) is 56.7 Å². The quantitative estimate of drug-likeness (QED) is 0.848. The average molecular weight is 376 g/mol. The van der Waals surface area contributed by atoms with Gasteiger partial charge in [0.2, 0.25) is 0 Å². The molecule has 2 aliphatic heterocycles. The minimum Gasteiger partial charge on any atom is -0.507 e. The zero-order valence-electron chi connectivity index (χ0n) is 16.8. The molecule has 2 fully saturated rings. The maximum absolute atomic E-state index is 12.6. The molecular weight excluding hydrogens is 342 g/mol. The summed E-state index contributed by atoms with van der Waals surface area (Å²) in [6, 6.07) is 4.83. The van der Waals surface area contributed by atoms with E-state index >= 15 is 0 Å². The number of hydrogen-bond donors (Lipinski definition) is 2. The van der Waals surface area contributed by atoms with Crippen LogP contribution >= 0.6 is 0 Å². The highest BCUT2D eigenvalue weighted by Crippen LogP contribution is 2.23. The van der Waals surface area contributed by atoms with E-state index in [9.17, 15) is 9.90 Å². The predicted octanol–water partition coefficient (Wildman–Crippen LogP) is 2.45. The smallest absolute Gasteiger partial charge is 0.317 e. The van der Waals surface area contributed by atoms with Crippen LogP contribution in [-0.4, -0.2) is 72.4 Å². The van der Waals surface area contributed by atoms with Gasteiger partial charge in [0.1, 0.15) is 5.75 Å². The number of hydrogen-bond acceptors (Lipinski definition) is 4. The van der Waals surface area contributed by atoms with Crippen molar-refractivity contribution in [3.05, 3.63) is 28.8 Å². The number of benzene rings is 1. The van der Waals surface area contributed by atoms with Crippen molar-refractivity contribution in [1.29, 1.82) is 0 Å². The van der Waals surface area contributed by atoms with Gasteiger partial charge in [-0.3, -0.25) is 4.90 Å². The minimum atomic E-state index is 0.0290. The van der Waals surface area contributed by atoms with Crippen LogP contribution in [0.2, 0.25) is 0 Å². The van der Waals surface area contributed by atoms with Crippen LogP contribution in [-0.2, 0) is 11.2 Å². The topological polar surface area (TPSA) is 65.0 Å². The van der Waals surface area contributed by atoms with Crippen LogP contribution in [0.25, 0.3) is 0 Å². The Bertz CT molecular complexity index is 635. The van der Waals surface area contributed by atoms with E-state index in [1.807, 2.05) is 30.9 Å². The zero-order chi connectivity index (χ0) is 19.4. The Kier molecular flexibility index (Phi) is 6.60. The number of urea groups is 1. The van der Waals surface area contributed by atoms with Gasteiger partial charge in [-0.1, -0.05) is 12.1 Å². The molecule has 2 heterocycles. The van der Waals surface area contributed by atoms with Crippen LogP contribution in [0.3, 0.4) is 0 Å². The normalized spacial score (nSPS) is 22.0. The summed E-state index contributed by atoms with van der Waals surface area (Å²) in [5, 5.41) is 12.9. The maximum Gasteiger partial charge on any atom is 0.317 e. The number of aromatic hydroxyl groups is 1. The van der Waals surface area contributed by atoms with Crippen LogP contribution in [0.1, 0.15) is 36.5 Å². The highest BCUT2D eigenvalue weighted by atomic mass is 16.5. The molecule has 0 spiro atoms. The Labute approximate surface area is 162 Å². The lowest BCUT2D eigenvalue weighted by atomic mass is 10.0. The van der Waals surface area contributed by atoms with Crippen molar-refractivity contribution in [2.75, 3.05) is 39.4 Å². The molecule has 150 valence electrons. The first-order valence-electron chi connectivity index (χ1n) is 10.1. The number of amides is 2. The van der Waals surface area contributed by atoms with E-state index in [-0.39, 0.29) is 12.1 Å². The SMILES string of the molecule is Cc1cc(CCNC(=O)N2CCN(C3CCOCC3)C[C@@H]2C)cc(C)c1O. The fourth-order valence-electron chi connectivity index (χ4n) is 4.27. The zero-order valence-corrected chi connectivity index (χ0v) is 16.8. The molecule has 27 heavy (non-hydrogen) atoms. The number of phenolic OH excluding ortho intramolecular Hbond substituents is 1. The number of ether oxygens (including phenoxy) is 1. The first-order chi connectivity index (χ1) is 13.0. The summed E-state index contributed by atoms with van der Waals surface area (Å²) >= 11 is 0. The number of phenols is 1. The summed E-state index contributed by atoms with van der Waals surface area (Å²) in [7, 11) is 0. The van der Waals surface area contributed by atoms with Crippen molar-refractivity contribution < 1.29 is 14.6 Å². The van der Waals surface area contributed by atoms with Gasteiger partial charge >= 0.3 is 6.03 Å². The summed E-state index contributed by atoms with van der Waals surface area (Å²) in [5.74, 6) is 0.360. The number of carbonyl (C=O) groups is 1. The molecule has 0 radical (unpaired) electrons. The summed E-state index contributed by atoms with van der Waals surface area (Å²) in [6.07, 6.45) is 2.97. The number of piperazine rings is 1. The number of aryl methyl sites for hydroxylation is 2. The van der Waals surface area contributed by atoms with E-state index in [1.165, 1.54) is 0 Å². The molecule has 0 aliphatic carbocycles. The van der Waals surface area contributed by atoms with Gasteiger partial charge in [-0.2, -0.15) is 0 Å². The Morgan fingerprint density at radius 3 is 2.52 bits per heavy atom. The van der Waals surface area contributed by atoms with E-state index in [2.05, 4.69) is 17.1 Å². The standard InChI is InChI=1S/C21H33N3O3/c1-15-12-18(13-16(2)20(15)25)4-7-22-21(26)24-9-8-23(14-17(24)3)19-5-10-27-11-6-19/h12-13,17,19,25H,4-11,14H2,1-3H3,(H,22,26)/t17-/m0/s1. The first-order valence-corrected chi connectivity index (χ1v) is 10.1. The third-order valence-corrected chi connectivity index (χ3v) is 5.87. The van der Waals surface area contributed by atoms with Crippen molar-refractivity contribution in [2.24, 2.45) is 0 Å². The lowest BCUT2D eigenvalue weighted by molar-refractivity contribution is 0.00704. The molecule has 1 atom stereocenters. The molecular formula is C21H33N3O3. The highest BCUT2D eigenvalue weighted by molar-refractivity contribution is 5.74. The van der Waals surface area contributed by atoms with Crippen molar-refractivity contribution in [3.8, 4) is 5.75 Å². The molecule has 6 heteroatoms. The van der Waals surface area contributed by atoms with Gasteiger partial charge in [0.25, 0.3) is 0 Å². The summed E-state index contributed by atoms with van der Waals surface area (Å²) in [4.78, 5) is 17.1.